The second-order valence-corrected chi connectivity index (χ2v) is 20.0. The van der Waals surface area contributed by atoms with E-state index in [1.807, 2.05) is 0 Å². The molecule has 0 aliphatic heterocycles. The summed E-state index contributed by atoms with van der Waals surface area (Å²) in [4.78, 5) is 6.97. The lowest BCUT2D eigenvalue weighted by molar-refractivity contribution is 0.661. The molecule has 0 saturated heterocycles. The van der Waals surface area contributed by atoms with E-state index in [0.717, 1.165) is 51.2 Å². The molecule has 0 amide bonds. The van der Waals surface area contributed by atoms with Crippen molar-refractivity contribution in [1.82, 2.24) is 0 Å². The molecule has 0 fully saturated rings. The van der Waals surface area contributed by atoms with E-state index in [9.17, 15) is 0 Å². The monoisotopic (exact) mass is 951 g/mol. The van der Waals surface area contributed by atoms with Crippen LogP contribution in [0.4, 0.5) is 51.2 Å². The number of hydrogen-bond acceptors (Lipinski definition) is 3. The standard InChI is InChI=1S/C71H57N3/c1-50-20-34-61(35-21-50)72(58-14-8-5-9-15-58)63-38-24-52(25-39-63)53-26-40-64(41-27-53)74(60-18-12-7-13-19-60)66-44-30-55(31-45-66)57-33-47-68-67-46-32-56(48-69(67)71(3,4)70(68)49-57)54-28-42-65(43-29-54)73(59-16-10-6-11-17-59)62-36-22-51(2)23-37-62/h5-49H,1-4H3. The minimum Gasteiger partial charge on any atom is -0.311 e. The predicted octanol–water partition coefficient (Wildman–Crippen LogP) is 20.0. The highest BCUT2D eigenvalue weighted by atomic mass is 15.2. The van der Waals surface area contributed by atoms with Crippen molar-refractivity contribution in [2.45, 2.75) is 33.1 Å². The van der Waals surface area contributed by atoms with Crippen LogP contribution in [0.1, 0.15) is 36.1 Å². The van der Waals surface area contributed by atoms with Crippen LogP contribution in [0, 0.1) is 13.8 Å². The fourth-order valence-electron chi connectivity index (χ4n) is 10.8. The van der Waals surface area contributed by atoms with E-state index in [4.69, 9.17) is 0 Å². The zero-order chi connectivity index (χ0) is 50.2. The number of nitrogens with zero attached hydrogens (tertiary/aromatic N) is 3. The molecular formula is C71H57N3. The third-order valence-electron chi connectivity index (χ3n) is 14.8. The van der Waals surface area contributed by atoms with Crippen molar-refractivity contribution in [3.8, 4) is 44.5 Å². The van der Waals surface area contributed by atoms with Gasteiger partial charge in [-0.15, -0.1) is 0 Å². The number of aryl methyl sites for hydroxylation is 2. The lowest BCUT2D eigenvalue weighted by Gasteiger charge is -2.26. The quantitative estimate of drug-likeness (QED) is 0.121. The zero-order valence-corrected chi connectivity index (χ0v) is 42.3. The van der Waals surface area contributed by atoms with E-state index in [-0.39, 0.29) is 5.41 Å². The van der Waals surface area contributed by atoms with Gasteiger partial charge in [-0.05, 0) is 191 Å². The number of anilines is 9. The van der Waals surface area contributed by atoms with Crippen molar-refractivity contribution in [2.75, 3.05) is 14.7 Å². The molecule has 0 spiro atoms. The topological polar surface area (TPSA) is 9.72 Å². The first-order chi connectivity index (χ1) is 36.2. The van der Waals surface area contributed by atoms with Gasteiger partial charge < -0.3 is 14.7 Å². The molecule has 11 aromatic rings. The molecule has 0 heterocycles. The van der Waals surface area contributed by atoms with E-state index in [0.29, 0.717) is 0 Å². The van der Waals surface area contributed by atoms with Gasteiger partial charge in [-0.25, -0.2) is 0 Å². The molecule has 0 bridgehead atoms. The van der Waals surface area contributed by atoms with Gasteiger partial charge in [-0.1, -0.05) is 177 Å². The second kappa shape index (κ2) is 19.4. The van der Waals surface area contributed by atoms with Gasteiger partial charge in [0.25, 0.3) is 0 Å². The highest BCUT2D eigenvalue weighted by Crippen LogP contribution is 2.51. The Bertz CT molecular complexity index is 3700. The highest BCUT2D eigenvalue weighted by molar-refractivity contribution is 5.88. The van der Waals surface area contributed by atoms with Crippen molar-refractivity contribution >= 4 is 51.2 Å². The Balaban J connectivity index is 0.787. The van der Waals surface area contributed by atoms with Gasteiger partial charge in [-0.3, -0.25) is 0 Å². The molecule has 1 aliphatic carbocycles. The van der Waals surface area contributed by atoms with E-state index in [1.54, 1.807) is 0 Å². The molecule has 0 atom stereocenters. The van der Waals surface area contributed by atoms with Crippen LogP contribution in [0.5, 0.6) is 0 Å². The molecule has 356 valence electrons. The summed E-state index contributed by atoms with van der Waals surface area (Å²) in [6.45, 7) is 9.01. The third kappa shape index (κ3) is 8.84. The van der Waals surface area contributed by atoms with Crippen molar-refractivity contribution in [1.29, 1.82) is 0 Å². The molecule has 0 unspecified atom stereocenters. The molecule has 0 N–H and O–H groups in total. The van der Waals surface area contributed by atoms with Crippen LogP contribution in [0.2, 0.25) is 0 Å². The summed E-state index contributed by atoms with van der Waals surface area (Å²) in [5, 5.41) is 0. The maximum Gasteiger partial charge on any atom is 0.0462 e. The maximum absolute atomic E-state index is 2.42. The van der Waals surface area contributed by atoms with Crippen molar-refractivity contribution in [3.05, 3.63) is 295 Å². The first kappa shape index (κ1) is 45.9. The predicted molar refractivity (Wildman–Crippen MR) is 314 cm³/mol. The Labute approximate surface area is 436 Å². The molecule has 3 nitrogen and oxygen atoms in total. The van der Waals surface area contributed by atoms with E-state index < -0.39 is 0 Å². The van der Waals surface area contributed by atoms with Gasteiger partial charge in [0, 0.05) is 56.6 Å². The lowest BCUT2D eigenvalue weighted by atomic mass is 9.81. The average Bonchev–Trinajstić information content (AvgIpc) is 3.69. The lowest BCUT2D eigenvalue weighted by Crippen LogP contribution is -2.15. The van der Waals surface area contributed by atoms with Crippen LogP contribution in [0.3, 0.4) is 0 Å². The smallest absolute Gasteiger partial charge is 0.0462 e. The number of hydrogen-bond donors (Lipinski definition) is 0. The van der Waals surface area contributed by atoms with E-state index in [1.165, 1.54) is 66.8 Å². The minimum atomic E-state index is -0.172. The largest absolute Gasteiger partial charge is 0.311 e. The normalized spacial score (nSPS) is 12.2. The van der Waals surface area contributed by atoms with Gasteiger partial charge in [0.15, 0.2) is 0 Å². The molecule has 1 aliphatic rings. The summed E-state index contributed by atoms with van der Waals surface area (Å²) >= 11 is 0. The summed E-state index contributed by atoms with van der Waals surface area (Å²) in [7, 11) is 0. The zero-order valence-electron chi connectivity index (χ0n) is 42.3. The van der Waals surface area contributed by atoms with Crippen LogP contribution in [-0.4, -0.2) is 0 Å². The van der Waals surface area contributed by atoms with Crippen LogP contribution >= 0.6 is 0 Å². The molecular weight excluding hydrogens is 895 g/mol. The molecule has 0 saturated carbocycles. The Morgan fingerprint density at radius 1 is 0.230 bits per heavy atom. The van der Waals surface area contributed by atoms with Crippen LogP contribution < -0.4 is 14.7 Å². The molecule has 3 heteroatoms. The van der Waals surface area contributed by atoms with Gasteiger partial charge in [0.2, 0.25) is 0 Å². The second-order valence-electron chi connectivity index (χ2n) is 20.0. The van der Waals surface area contributed by atoms with Crippen molar-refractivity contribution < 1.29 is 0 Å². The molecule has 0 aromatic heterocycles. The van der Waals surface area contributed by atoms with Crippen LogP contribution in [0.25, 0.3) is 44.5 Å². The average molecular weight is 952 g/mol. The summed E-state index contributed by atoms with van der Waals surface area (Å²) < 4.78 is 0. The number of benzene rings is 11. The summed E-state index contributed by atoms with van der Waals surface area (Å²) in [6, 6.07) is 99.3. The SMILES string of the molecule is Cc1ccc(N(c2ccccc2)c2ccc(-c3ccc(N(c4ccccc4)c4ccc(-c5ccc6c(c5)C(C)(C)c5cc(-c7ccc(N(c8ccccc8)c8ccc(C)cc8)cc7)ccc5-6)cc4)cc3)cc2)cc1. The fourth-order valence-corrected chi connectivity index (χ4v) is 10.8. The van der Waals surface area contributed by atoms with Crippen LogP contribution in [0.15, 0.2) is 273 Å². The number of rotatable bonds is 12. The van der Waals surface area contributed by atoms with Gasteiger partial charge >= 0.3 is 0 Å². The van der Waals surface area contributed by atoms with Crippen molar-refractivity contribution in [2.24, 2.45) is 0 Å². The van der Waals surface area contributed by atoms with E-state index >= 15 is 0 Å². The van der Waals surface area contributed by atoms with Gasteiger partial charge in [0.05, 0.1) is 0 Å². The van der Waals surface area contributed by atoms with E-state index in [2.05, 4.69) is 315 Å². The molecule has 74 heavy (non-hydrogen) atoms. The Morgan fingerprint density at radius 2 is 0.446 bits per heavy atom. The minimum absolute atomic E-state index is 0.172. The molecule has 12 rings (SSSR count). The molecule has 11 aromatic carbocycles. The first-order valence-corrected chi connectivity index (χ1v) is 25.6. The third-order valence-corrected chi connectivity index (χ3v) is 14.8. The Morgan fingerprint density at radius 3 is 0.716 bits per heavy atom. The maximum atomic E-state index is 2.42. The van der Waals surface area contributed by atoms with Gasteiger partial charge in [0.1, 0.15) is 0 Å². The summed E-state index contributed by atoms with van der Waals surface area (Å²) in [5.41, 5.74) is 25.0. The summed E-state index contributed by atoms with van der Waals surface area (Å²) in [5.74, 6) is 0. The first-order valence-electron chi connectivity index (χ1n) is 25.6. The number of fused-ring (bicyclic) bond motifs is 3. The summed E-state index contributed by atoms with van der Waals surface area (Å²) in [6.07, 6.45) is 0. The van der Waals surface area contributed by atoms with Crippen molar-refractivity contribution in [3.63, 3.8) is 0 Å². The van der Waals surface area contributed by atoms with Gasteiger partial charge in [-0.2, -0.15) is 0 Å². The fraction of sp³-hybridized carbons (Fsp3) is 0.0704. The Hall–Kier alpha value is -9.18. The molecule has 0 radical (unpaired) electrons. The Kier molecular flexibility index (Phi) is 12.1. The number of para-hydroxylation sites is 3. The highest BCUT2D eigenvalue weighted by Gasteiger charge is 2.36. The van der Waals surface area contributed by atoms with Crippen LogP contribution in [-0.2, 0) is 5.41 Å².